The zero-order valence-electron chi connectivity index (χ0n) is 9.19. The number of rotatable bonds is 3. The van der Waals surface area contributed by atoms with E-state index in [-0.39, 0.29) is 12.1 Å². The van der Waals surface area contributed by atoms with E-state index in [2.05, 4.69) is 36.5 Å². The maximum absolute atomic E-state index is 9.72. The van der Waals surface area contributed by atoms with Crippen LogP contribution < -0.4 is 5.32 Å². The van der Waals surface area contributed by atoms with Crippen molar-refractivity contribution in [2.24, 2.45) is 0 Å². The molecular formula is C13H19NO. The number of hydrogen-bond donors (Lipinski definition) is 2. The van der Waals surface area contributed by atoms with E-state index in [0.29, 0.717) is 6.04 Å². The molecule has 1 fully saturated rings. The predicted molar refractivity (Wildman–Crippen MR) is 61.6 cm³/mol. The minimum atomic E-state index is -0.156. The van der Waals surface area contributed by atoms with Gasteiger partial charge in [-0.05, 0) is 31.7 Å². The second-order valence-electron chi connectivity index (χ2n) is 4.40. The van der Waals surface area contributed by atoms with E-state index >= 15 is 0 Å². The maximum Gasteiger partial charge on any atom is 0.0693 e. The summed E-state index contributed by atoms with van der Waals surface area (Å²) in [4.78, 5) is 0. The van der Waals surface area contributed by atoms with Gasteiger partial charge in [-0.3, -0.25) is 0 Å². The molecule has 82 valence electrons. The van der Waals surface area contributed by atoms with Crippen molar-refractivity contribution in [2.45, 2.75) is 44.4 Å². The molecule has 0 bridgehead atoms. The van der Waals surface area contributed by atoms with Gasteiger partial charge in [-0.1, -0.05) is 30.3 Å². The van der Waals surface area contributed by atoms with Crippen LogP contribution in [0.4, 0.5) is 0 Å². The Kier molecular flexibility index (Phi) is 3.39. The lowest BCUT2D eigenvalue weighted by Crippen LogP contribution is -2.37. The minimum Gasteiger partial charge on any atom is -0.392 e. The van der Waals surface area contributed by atoms with E-state index in [0.717, 1.165) is 19.3 Å². The molecule has 0 aliphatic heterocycles. The molecule has 2 nitrogen and oxygen atoms in total. The van der Waals surface area contributed by atoms with Crippen molar-refractivity contribution in [1.29, 1.82) is 0 Å². The summed E-state index contributed by atoms with van der Waals surface area (Å²) in [6, 6.07) is 11.0. The molecule has 1 aromatic rings. The van der Waals surface area contributed by atoms with E-state index in [1.165, 1.54) is 5.56 Å². The van der Waals surface area contributed by atoms with Crippen LogP contribution in [0.15, 0.2) is 30.3 Å². The molecule has 0 heterocycles. The largest absolute Gasteiger partial charge is 0.392 e. The van der Waals surface area contributed by atoms with Crippen LogP contribution in [-0.2, 0) is 0 Å². The van der Waals surface area contributed by atoms with Gasteiger partial charge in [-0.15, -0.1) is 0 Å². The van der Waals surface area contributed by atoms with E-state index in [1.54, 1.807) is 0 Å². The van der Waals surface area contributed by atoms with Gasteiger partial charge in [-0.2, -0.15) is 0 Å². The Morgan fingerprint density at radius 1 is 1.27 bits per heavy atom. The normalized spacial score (nSPS) is 27.9. The number of aliphatic hydroxyl groups is 1. The van der Waals surface area contributed by atoms with Gasteiger partial charge in [0.15, 0.2) is 0 Å². The molecule has 3 atom stereocenters. The van der Waals surface area contributed by atoms with E-state index in [9.17, 15) is 5.11 Å². The summed E-state index contributed by atoms with van der Waals surface area (Å²) in [6.45, 7) is 2.15. The highest BCUT2D eigenvalue weighted by Crippen LogP contribution is 2.22. The molecule has 1 aromatic carbocycles. The SMILES string of the molecule is CC(NC1CCC[C@H]1O)c1ccccc1. The predicted octanol–water partition coefficient (Wildman–Crippen LogP) is 2.25. The molecule has 2 rings (SSSR count). The summed E-state index contributed by atoms with van der Waals surface area (Å²) in [6.07, 6.45) is 3.02. The van der Waals surface area contributed by atoms with Crippen LogP contribution in [0.1, 0.15) is 37.8 Å². The zero-order chi connectivity index (χ0) is 10.7. The summed E-state index contributed by atoms with van der Waals surface area (Å²) >= 11 is 0. The van der Waals surface area contributed by atoms with Crippen LogP contribution >= 0.6 is 0 Å². The highest BCUT2D eigenvalue weighted by molar-refractivity contribution is 5.18. The Labute approximate surface area is 91.3 Å². The summed E-state index contributed by atoms with van der Waals surface area (Å²) in [7, 11) is 0. The Balaban J connectivity index is 1.95. The van der Waals surface area contributed by atoms with Crippen LogP contribution in [0.3, 0.4) is 0 Å². The van der Waals surface area contributed by atoms with Gasteiger partial charge >= 0.3 is 0 Å². The van der Waals surface area contributed by atoms with Gasteiger partial charge in [0.1, 0.15) is 0 Å². The molecule has 1 aliphatic rings. The summed E-state index contributed by atoms with van der Waals surface area (Å²) in [5.74, 6) is 0. The molecule has 15 heavy (non-hydrogen) atoms. The second kappa shape index (κ2) is 4.77. The quantitative estimate of drug-likeness (QED) is 0.793. The third-order valence-electron chi connectivity index (χ3n) is 3.24. The van der Waals surface area contributed by atoms with Crippen LogP contribution in [0.2, 0.25) is 0 Å². The zero-order valence-corrected chi connectivity index (χ0v) is 9.19. The van der Waals surface area contributed by atoms with Crippen molar-refractivity contribution in [1.82, 2.24) is 5.32 Å². The van der Waals surface area contributed by atoms with Crippen LogP contribution in [-0.4, -0.2) is 17.3 Å². The first-order valence-electron chi connectivity index (χ1n) is 5.76. The molecule has 0 aromatic heterocycles. The van der Waals surface area contributed by atoms with Gasteiger partial charge in [0.2, 0.25) is 0 Å². The summed E-state index contributed by atoms with van der Waals surface area (Å²) < 4.78 is 0. The highest BCUT2D eigenvalue weighted by Gasteiger charge is 2.26. The number of aliphatic hydroxyl groups excluding tert-OH is 1. The lowest BCUT2D eigenvalue weighted by molar-refractivity contribution is 0.144. The summed E-state index contributed by atoms with van der Waals surface area (Å²) in [5, 5.41) is 13.2. The van der Waals surface area contributed by atoms with Gasteiger partial charge in [0, 0.05) is 12.1 Å². The van der Waals surface area contributed by atoms with E-state index in [4.69, 9.17) is 0 Å². The lowest BCUT2D eigenvalue weighted by Gasteiger charge is -2.22. The molecule has 0 radical (unpaired) electrons. The summed E-state index contributed by atoms with van der Waals surface area (Å²) in [5.41, 5.74) is 1.29. The van der Waals surface area contributed by atoms with Crippen molar-refractivity contribution in [3.8, 4) is 0 Å². The highest BCUT2D eigenvalue weighted by atomic mass is 16.3. The Bertz CT molecular complexity index is 299. The molecule has 1 aliphatic carbocycles. The Morgan fingerprint density at radius 2 is 2.00 bits per heavy atom. The monoisotopic (exact) mass is 205 g/mol. The van der Waals surface area contributed by atoms with Crippen molar-refractivity contribution in [3.63, 3.8) is 0 Å². The van der Waals surface area contributed by atoms with Gasteiger partial charge in [0.25, 0.3) is 0 Å². The molecule has 2 N–H and O–H groups in total. The van der Waals surface area contributed by atoms with E-state index < -0.39 is 0 Å². The number of benzene rings is 1. The fourth-order valence-corrected chi connectivity index (χ4v) is 2.29. The van der Waals surface area contributed by atoms with Crippen LogP contribution in [0, 0.1) is 0 Å². The van der Waals surface area contributed by atoms with Gasteiger partial charge in [-0.25, -0.2) is 0 Å². The molecular weight excluding hydrogens is 186 g/mol. The van der Waals surface area contributed by atoms with Crippen molar-refractivity contribution >= 4 is 0 Å². The number of hydrogen-bond acceptors (Lipinski definition) is 2. The van der Waals surface area contributed by atoms with Crippen LogP contribution in [0.5, 0.6) is 0 Å². The Morgan fingerprint density at radius 3 is 2.60 bits per heavy atom. The first kappa shape index (κ1) is 10.7. The molecule has 1 saturated carbocycles. The van der Waals surface area contributed by atoms with Crippen molar-refractivity contribution < 1.29 is 5.11 Å². The maximum atomic E-state index is 9.72. The third kappa shape index (κ3) is 2.58. The fourth-order valence-electron chi connectivity index (χ4n) is 2.29. The van der Waals surface area contributed by atoms with Gasteiger partial charge in [0.05, 0.1) is 6.10 Å². The van der Waals surface area contributed by atoms with Crippen molar-refractivity contribution in [2.75, 3.05) is 0 Å². The third-order valence-corrected chi connectivity index (χ3v) is 3.24. The molecule has 2 heteroatoms. The van der Waals surface area contributed by atoms with Crippen molar-refractivity contribution in [3.05, 3.63) is 35.9 Å². The van der Waals surface area contributed by atoms with Crippen LogP contribution in [0.25, 0.3) is 0 Å². The molecule has 0 spiro atoms. The first-order chi connectivity index (χ1) is 7.27. The standard InChI is InChI=1S/C13H19NO/c1-10(11-6-3-2-4-7-11)14-12-8-5-9-13(12)15/h2-4,6-7,10,12-15H,5,8-9H2,1H3/t10?,12?,13-/m1/s1. The first-order valence-corrected chi connectivity index (χ1v) is 5.76. The average Bonchev–Trinajstić information content (AvgIpc) is 2.66. The lowest BCUT2D eigenvalue weighted by atomic mass is 10.1. The fraction of sp³-hybridized carbons (Fsp3) is 0.538. The smallest absolute Gasteiger partial charge is 0.0693 e. The number of nitrogens with one attached hydrogen (secondary N) is 1. The van der Waals surface area contributed by atoms with Gasteiger partial charge < -0.3 is 10.4 Å². The molecule has 0 amide bonds. The second-order valence-corrected chi connectivity index (χ2v) is 4.40. The Hall–Kier alpha value is -0.860. The van der Waals surface area contributed by atoms with E-state index in [1.807, 2.05) is 6.07 Å². The molecule has 2 unspecified atom stereocenters. The minimum absolute atomic E-state index is 0.156. The molecule has 0 saturated heterocycles. The topological polar surface area (TPSA) is 32.3 Å². The average molecular weight is 205 g/mol.